The van der Waals surface area contributed by atoms with Gasteiger partial charge in [-0.1, -0.05) is 112 Å². The number of benzene rings is 9. The number of nitrogens with zero attached hydrogens (tertiary/aromatic N) is 3. The summed E-state index contributed by atoms with van der Waals surface area (Å²) in [6.07, 6.45) is 6.69. The Morgan fingerprint density at radius 3 is 1.00 bits per heavy atom. The van der Waals surface area contributed by atoms with Crippen LogP contribution in [0.5, 0.6) is 17.2 Å². The summed E-state index contributed by atoms with van der Waals surface area (Å²) < 4.78 is 113. The third kappa shape index (κ3) is 31.6. The van der Waals surface area contributed by atoms with Gasteiger partial charge in [-0.15, -0.1) is 0 Å². The molecule has 0 spiro atoms. The van der Waals surface area contributed by atoms with Gasteiger partial charge in [0.1, 0.15) is 54.3 Å². The van der Waals surface area contributed by atoms with Crippen molar-refractivity contribution in [1.29, 1.82) is 0 Å². The van der Waals surface area contributed by atoms with Gasteiger partial charge in [0.2, 0.25) is 0 Å². The maximum Gasteiger partial charge on any atom is 0.344 e. The molecule has 0 aromatic heterocycles. The van der Waals surface area contributed by atoms with Crippen molar-refractivity contribution < 1.29 is 62.3 Å². The lowest BCUT2D eigenvalue weighted by molar-refractivity contribution is -0.157. The van der Waals surface area contributed by atoms with Crippen LogP contribution in [0.1, 0.15) is 108 Å². The number of ether oxygens (including phenoxy) is 4. The zero-order valence-electron chi connectivity index (χ0n) is 62.8. The Morgan fingerprint density at radius 2 is 0.692 bits per heavy atom. The van der Waals surface area contributed by atoms with E-state index in [1.165, 1.54) is 103 Å². The molecule has 0 amide bonds. The number of hydrogen-bond acceptors (Lipinski definition) is 17. The van der Waals surface area contributed by atoms with Gasteiger partial charge >= 0.3 is 5.97 Å². The maximum atomic E-state index is 12.0. The highest BCUT2D eigenvalue weighted by atomic mass is 32.2. The third-order valence-electron chi connectivity index (χ3n) is 14.3. The lowest BCUT2D eigenvalue weighted by atomic mass is 10.1. The predicted molar refractivity (Wildman–Crippen MR) is 420 cm³/mol. The van der Waals surface area contributed by atoms with E-state index in [1.807, 2.05) is 32.9 Å². The van der Waals surface area contributed by atoms with E-state index >= 15 is 0 Å². The molecule has 0 N–H and O–H groups in total. The highest BCUT2D eigenvalue weighted by Gasteiger charge is 2.32. The molecule has 9 aromatic rings. The average molecular weight is 1520 g/mol. The number of hydrogen-bond donors (Lipinski definition) is 0. The van der Waals surface area contributed by atoms with Crippen molar-refractivity contribution in [3.63, 3.8) is 0 Å². The molecule has 22 heteroatoms. The zero-order chi connectivity index (χ0) is 76.9. The molecule has 17 nitrogen and oxygen atoms in total. The van der Waals surface area contributed by atoms with Crippen molar-refractivity contribution in [2.24, 2.45) is 0 Å². The summed E-state index contributed by atoms with van der Waals surface area (Å²) in [5.74, 6) is 2.04. The number of carbonyl (C=O) groups excluding carboxylic acids is 1. The van der Waals surface area contributed by atoms with Gasteiger partial charge in [0.05, 0.1) is 43.1 Å². The zero-order valence-corrected chi connectivity index (χ0v) is 66.9. The number of unbranched alkanes of at least 4 members (excludes halogenated alkanes) is 5. The van der Waals surface area contributed by atoms with Gasteiger partial charge in [-0.2, -0.15) is 8.42 Å². The Labute approximate surface area is 625 Å². The molecule has 0 heterocycles. The molecule has 9 rings (SSSR count). The molecular formula is C82H103N3O14S5. The second-order valence-corrected chi connectivity index (χ2v) is 35.8. The summed E-state index contributed by atoms with van der Waals surface area (Å²) in [6.45, 7) is 20.3. The monoisotopic (exact) mass is 1510 g/mol. The molecule has 0 aliphatic carbocycles. The minimum Gasteiger partial charge on any atom is -0.744 e. The van der Waals surface area contributed by atoms with Gasteiger partial charge in [-0.3, -0.25) is 4.18 Å². The molecule has 0 bridgehead atoms. The van der Waals surface area contributed by atoms with E-state index < -0.39 is 36.0 Å². The molecule has 0 aliphatic heterocycles. The van der Waals surface area contributed by atoms with Crippen molar-refractivity contribution in [2.45, 2.75) is 169 Å². The van der Waals surface area contributed by atoms with Crippen LogP contribution in [-0.4, -0.2) is 113 Å². The van der Waals surface area contributed by atoms with Gasteiger partial charge in [-0.25, -0.2) is 21.6 Å². The molecule has 560 valence electrons. The van der Waals surface area contributed by atoms with Crippen LogP contribution < -0.4 is 28.9 Å². The van der Waals surface area contributed by atoms with Crippen LogP contribution in [0.25, 0.3) is 0 Å². The fourth-order valence-electron chi connectivity index (χ4n) is 9.54. The van der Waals surface area contributed by atoms with Crippen molar-refractivity contribution in [3.05, 3.63) is 237 Å². The Bertz CT molecular complexity index is 4200. The van der Waals surface area contributed by atoms with Crippen LogP contribution in [0.3, 0.4) is 0 Å². The average Bonchev–Trinajstić information content (AvgIpc) is 0.802. The summed E-state index contributed by atoms with van der Waals surface area (Å²) in [4.78, 5) is 25.7. The van der Waals surface area contributed by atoms with Crippen LogP contribution in [0, 0.1) is 0 Å². The molecule has 0 fully saturated rings. The molecular weight excluding hydrogens is 1410 g/mol. The van der Waals surface area contributed by atoms with Crippen molar-refractivity contribution >= 4 is 75.2 Å². The molecule has 0 unspecified atom stereocenters. The Balaban J connectivity index is 0.000000254. The fourth-order valence-corrected chi connectivity index (χ4v) is 15.7. The van der Waals surface area contributed by atoms with E-state index in [1.54, 1.807) is 42.5 Å². The largest absolute Gasteiger partial charge is 0.744 e. The van der Waals surface area contributed by atoms with Crippen molar-refractivity contribution in [3.8, 4) is 17.2 Å². The highest BCUT2D eigenvalue weighted by molar-refractivity contribution is 7.97. The van der Waals surface area contributed by atoms with Crippen molar-refractivity contribution in [1.82, 2.24) is 0 Å². The van der Waals surface area contributed by atoms with E-state index in [0.29, 0.717) is 5.75 Å². The molecule has 0 atom stereocenters. The number of carbonyl (C=O) groups is 1. The van der Waals surface area contributed by atoms with Gasteiger partial charge in [0.15, 0.2) is 36.0 Å². The number of esters is 1. The van der Waals surface area contributed by atoms with E-state index in [0.717, 1.165) is 42.1 Å². The Morgan fingerprint density at radius 1 is 0.375 bits per heavy atom. The van der Waals surface area contributed by atoms with Gasteiger partial charge in [-0.05, 0) is 214 Å². The minimum atomic E-state index is -4.25. The van der Waals surface area contributed by atoms with Crippen LogP contribution in [0.4, 0.5) is 17.1 Å². The smallest absolute Gasteiger partial charge is 0.344 e. The first-order valence-electron chi connectivity index (χ1n) is 34.1. The van der Waals surface area contributed by atoms with Gasteiger partial charge in [0.25, 0.3) is 10.1 Å². The topological polar surface area (TPSA) is 221 Å². The molecule has 0 saturated heterocycles. The third-order valence-corrected chi connectivity index (χ3v) is 21.8. The maximum absolute atomic E-state index is 12.0. The SMILES string of the molecule is CCCCCCCCOS(=O)(=O)c1ccccc1.CN(C)c1cccc([S+](c2ccc(OC(C)(C)C)cc2)c2ccc(OC(C)(C)C)cc2)c1.CN(C)c1cccc([S+](c2ccc(OCC(=O)OC(C)(C)C)cc2)c2cccc(N(C)C)c2)c1.O=S(=O)([O-])c1ccccc1.O=S(=O)([O-])c1ccccc1. The first kappa shape index (κ1) is 86.3. The minimum absolute atomic E-state index is 0.113. The van der Waals surface area contributed by atoms with Crippen LogP contribution in [0.15, 0.2) is 281 Å². The van der Waals surface area contributed by atoms with E-state index in [2.05, 4.69) is 239 Å². The summed E-state index contributed by atoms with van der Waals surface area (Å²) in [5, 5.41) is 0. The summed E-state index contributed by atoms with van der Waals surface area (Å²) in [6, 6.07) is 73.8. The predicted octanol–water partition coefficient (Wildman–Crippen LogP) is 17.8. The highest BCUT2D eigenvalue weighted by Crippen LogP contribution is 2.38. The number of rotatable bonds is 25. The number of anilines is 3. The van der Waals surface area contributed by atoms with E-state index in [-0.39, 0.29) is 66.9 Å². The lowest BCUT2D eigenvalue weighted by Crippen LogP contribution is -2.27. The molecule has 0 radical (unpaired) electrons. The first-order chi connectivity index (χ1) is 48.8. The van der Waals surface area contributed by atoms with Crippen molar-refractivity contribution in [2.75, 3.05) is 70.2 Å². The lowest BCUT2D eigenvalue weighted by Gasteiger charge is -2.21. The standard InChI is InChI=1S/C28H35N2O3S.C28H36NO2S.C14H22O3S.2C6H6O3S/c1-28(2,3)33-27(31)20-32-23-14-16-24(17-15-23)34(25-12-8-10-21(18-25)29(4)5)26-13-9-11-22(19-26)30(6)7;1-27(2,3)30-22-12-16-24(17-13-22)32(26-11-9-10-21(20-26)29(7)8)25-18-14-23(15-19-25)31-28(4,5)6;1-2-3-4-5-6-10-13-17-18(15,16)14-11-8-7-9-12-14;2*7-10(8,9)6-4-2-1-3-5-6/h8-19H,20H2,1-7H3;9-20H,1-8H3;7-9,11-12H,2-6,10,13H2,1H3;2*1-5H,(H,7,8,9)/q2*+1;;;/p-2. The second-order valence-electron chi connectivity index (χ2n) is 27.4. The first-order valence-corrected chi connectivity index (χ1v) is 40.8. The van der Waals surface area contributed by atoms with Gasteiger partial charge in [0, 0.05) is 77.5 Å². The van der Waals surface area contributed by atoms with Crippen LogP contribution in [-0.2, 0) is 65.9 Å². The van der Waals surface area contributed by atoms with Crippen LogP contribution in [0.2, 0.25) is 0 Å². The second kappa shape index (κ2) is 40.8. The Hall–Kier alpha value is -8.32. The molecule has 9 aromatic carbocycles. The summed E-state index contributed by atoms with van der Waals surface area (Å²) in [5.41, 5.74) is 2.56. The quantitative estimate of drug-likeness (QED) is 0.0171. The summed E-state index contributed by atoms with van der Waals surface area (Å²) in [7, 11) is -0.228. The van der Waals surface area contributed by atoms with E-state index in [4.69, 9.17) is 23.1 Å². The Kier molecular flexibility index (Phi) is 33.9. The molecule has 0 aliphatic rings. The van der Waals surface area contributed by atoms with E-state index in [9.17, 15) is 39.2 Å². The molecule has 0 saturated carbocycles. The normalized spacial score (nSPS) is 11.6. The summed E-state index contributed by atoms with van der Waals surface area (Å²) >= 11 is 0. The van der Waals surface area contributed by atoms with Crippen LogP contribution >= 0.6 is 0 Å². The van der Waals surface area contributed by atoms with Gasteiger partial charge < -0.3 is 42.8 Å². The fraction of sp³-hybridized carbons (Fsp3) is 0.329. The molecule has 104 heavy (non-hydrogen) atoms.